The molecule has 2 fully saturated rings. The zero-order valence-electron chi connectivity index (χ0n) is 12.6. The zero-order chi connectivity index (χ0) is 14.7. The summed E-state index contributed by atoms with van der Waals surface area (Å²) in [6, 6.07) is 7.95. The molecule has 1 saturated heterocycles. The minimum Gasteiger partial charge on any atom is -0.493 e. The number of ether oxygens (including phenoxy) is 2. The van der Waals surface area contributed by atoms with E-state index in [2.05, 4.69) is 4.90 Å². The van der Waals surface area contributed by atoms with Crippen LogP contribution in [0.25, 0.3) is 0 Å². The van der Waals surface area contributed by atoms with Gasteiger partial charge >= 0.3 is 0 Å². The molecular formula is C17H23NO3. The van der Waals surface area contributed by atoms with Crippen LogP contribution < -0.4 is 4.74 Å². The molecule has 0 amide bonds. The summed E-state index contributed by atoms with van der Waals surface area (Å²) in [7, 11) is 0. The Morgan fingerprint density at radius 2 is 2.24 bits per heavy atom. The van der Waals surface area contributed by atoms with Gasteiger partial charge in [0, 0.05) is 12.6 Å². The van der Waals surface area contributed by atoms with E-state index in [1.807, 2.05) is 31.2 Å². The lowest BCUT2D eigenvalue weighted by Gasteiger charge is -2.37. The highest BCUT2D eigenvalue weighted by Gasteiger charge is 2.36. The van der Waals surface area contributed by atoms with E-state index in [4.69, 9.17) is 9.47 Å². The van der Waals surface area contributed by atoms with E-state index in [1.54, 1.807) is 0 Å². The second-order valence-corrected chi connectivity index (χ2v) is 5.73. The predicted molar refractivity (Wildman–Crippen MR) is 80.9 cm³/mol. The minimum absolute atomic E-state index is 0.145. The molecule has 0 aromatic heterocycles. The van der Waals surface area contributed by atoms with Crippen LogP contribution in [0.2, 0.25) is 0 Å². The van der Waals surface area contributed by atoms with Crippen LogP contribution >= 0.6 is 0 Å². The van der Waals surface area contributed by atoms with Crippen LogP contribution in [-0.4, -0.2) is 49.1 Å². The summed E-state index contributed by atoms with van der Waals surface area (Å²) in [5.41, 5.74) is 0.695. The van der Waals surface area contributed by atoms with Gasteiger partial charge in [0.1, 0.15) is 5.75 Å². The van der Waals surface area contributed by atoms with Crippen LogP contribution in [0.1, 0.15) is 36.5 Å². The first-order chi connectivity index (χ1) is 10.3. The highest BCUT2D eigenvalue weighted by atomic mass is 16.5. The SMILES string of the molecule is CCOc1ccccc1C(=O)CN1CCOC2CCCC21. The van der Waals surface area contributed by atoms with E-state index in [0.29, 0.717) is 36.6 Å². The summed E-state index contributed by atoms with van der Waals surface area (Å²) < 4.78 is 11.4. The Morgan fingerprint density at radius 1 is 1.38 bits per heavy atom. The molecule has 1 saturated carbocycles. The number of morpholine rings is 1. The molecule has 114 valence electrons. The van der Waals surface area contributed by atoms with E-state index in [9.17, 15) is 4.79 Å². The fourth-order valence-corrected chi connectivity index (χ4v) is 3.45. The number of carbonyl (C=O) groups is 1. The molecule has 3 rings (SSSR count). The van der Waals surface area contributed by atoms with Crippen molar-refractivity contribution in [3.63, 3.8) is 0 Å². The fourth-order valence-electron chi connectivity index (χ4n) is 3.45. The molecule has 2 atom stereocenters. The van der Waals surface area contributed by atoms with Crippen molar-refractivity contribution in [2.24, 2.45) is 0 Å². The van der Waals surface area contributed by atoms with Crippen molar-refractivity contribution in [3.05, 3.63) is 29.8 Å². The maximum atomic E-state index is 12.6. The van der Waals surface area contributed by atoms with Crippen molar-refractivity contribution in [2.75, 3.05) is 26.3 Å². The average molecular weight is 289 g/mol. The Bertz CT molecular complexity index is 503. The van der Waals surface area contributed by atoms with E-state index in [0.717, 1.165) is 26.0 Å². The smallest absolute Gasteiger partial charge is 0.180 e. The number of hydrogen-bond donors (Lipinski definition) is 0. The van der Waals surface area contributed by atoms with Crippen molar-refractivity contribution in [1.82, 2.24) is 4.90 Å². The normalized spacial score (nSPS) is 25.6. The lowest BCUT2D eigenvalue weighted by molar-refractivity contribution is -0.0522. The molecular weight excluding hydrogens is 266 g/mol. The molecule has 1 aromatic carbocycles. The standard InChI is InChI=1S/C17H23NO3/c1-2-20-16-8-4-3-6-13(16)15(19)12-18-10-11-21-17-9-5-7-14(17)18/h3-4,6,8,14,17H,2,5,7,9-12H2,1H3. The summed E-state index contributed by atoms with van der Waals surface area (Å²) in [6.07, 6.45) is 3.81. The average Bonchev–Trinajstić information content (AvgIpc) is 2.98. The molecule has 21 heavy (non-hydrogen) atoms. The quantitative estimate of drug-likeness (QED) is 0.781. The lowest BCUT2D eigenvalue weighted by atomic mass is 10.1. The molecule has 2 unspecified atom stereocenters. The molecule has 2 aliphatic rings. The molecule has 4 nitrogen and oxygen atoms in total. The van der Waals surface area contributed by atoms with Crippen LogP contribution in [0.4, 0.5) is 0 Å². The van der Waals surface area contributed by atoms with Gasteiger partial charge in [-0.25, -0.2) is 0 Å². The second-order valence-electron chi connectivity index (χ2n) is 5.73. The minimum atomic E-state index is 0.145. The van der Waals surface area contributed by atoms with E-state index in [-0.39, 0.29) is 5.78 Å². The largest absolute Gasteiger partial charge is 0.493 e. The summed E-state index contributed by atoms with van der Waals surface area (Å²) in [5, 5.41) is 0. The molecule has 0 radical (unpaired) electrons. The van der Waals surface area contributed by atoms with Crippen LogP contribution in [0, 0.1) is 0 Å². The maximum absolute atomic E-state index is 12.6. The monoisotopic (exact) mass is 289 g/mol. The number of ketones is 1. The van der Waals surface area contributed by atoms with Gasteiger partial charge in [0.05, 0.1) is 31.4 Å². The van der Waals surface area contributed by atoms with E-state index in [1.165, 1.54) is 6.42 Å². The van der Waals surface area contributed by atoms with Gasteiger partial charge in [-0.05, 0) is 38.3 Å². The zero-order valence-corrected chi connectivity index (χ0v) is 12.6. The molecule has 0 bridgehead atoms. The van der Waals surface area contributed by atoms with E-state index < -0.39 is 0 Å². The number of para-hydroxylation sites is 1. The first kappa shape index (κ1) is 14.5. The third-order valence-electron chi connectivity index (χ3n) is 4.43. The van der Waals surface area contributed by atoms with Gasteiger partial charge in [-0.1, -0.05) is 12.1 Å². The fraction of sp³-hybridized carbons (Fsp3) is 0.588. The Kier molecular flexibility index (Phi) is 4.56. The van der Waals surface area contributed by atoms with Crippen LogP contribution in [0.5, 0.6) is 5.75 Å². The van der Waals surface area contributed by atoms with Gasteiger partial charge in [0.25, 0.3) is 0 Å². The van der Waals surface area contributed by atoms with Gasteiger partial charge in [-0.15, -0.1) is 0 Å². The van der Waals surface area contributed by atoms with Crippen LogP contribution in [0.15, 0.2) is 24.3 Å². The second kappa shape index (κ2) is 6.58. The summed E-state index contributed by atoms with van der Waals surface area (Å²) in [5.74, 6) is 0.841. The first-order valence-electron chi connectivity index (χ1n) is 7.90. The number of Topliss-reactive ketones (excluding diaryl/α,β-unsaturated/α-hetero) is 1. The van der Waals surface area contributed by atoms with Crippen molar-refractivity contribution >= 4 is 5.78 Å². The highest BCUT2D eigenvalue weighted by molar-refractivity contribution is 6.00. The Morgan fingerprint density at radius 3 is 3.10 bits per heavy atom. The van der Waals surface area contributed by atoms with Crippen molar-refractivity contribution < 1.29 is 14.3 Å². The van der Waals surface area contributed by atoms with Gasteiger partial charge in [-0.3, -0.25) is 9.69 Å². The maximum Gasteiger partial charge on any atom is 0.180 e. The number of hydrogen-bond acceptors (Lipinski definition) is 4. The van der Waals surface area contributed by atoms with Gasteiger partial charge in [-0.2, -0.15) is 0 Å². The lowest BCUT2D eigenvalue weighted by Crippen LogP contribution is -2.50. The van der Waals surface area contributed by atoms with Crippen molar-refractivity contribution in [1.29, 1.82) is 0 Å². The summed E-state index contributed by atoms with van der Waals surface area (Å²) >= 11 is 0. The Hall–Kier alpha value is -1.39. The molecule has 1 aliphatic heterocycles. The Balaban J connectivity index is 1.71. The number of nitrogens with zero attached hydrogens (tertiary/aromatic N) is 1. The topological polar surface area (TPSA) is 38.8 Å². The number of fused-ring (bicyclic) bond motifs is 1. The molecule has 0 spiro atoms. The summed E-state index contributed by atoms with van der Waals surface area (Å²) in [6.45, 7) is 4.57. The third-order valence-corrected chi connectivity index (χ3v) is 4.43. The highest BCUT2D eigenvalue weighted by Crippen LogP contribution is 2.30. The third kappa shape index (κ3) is 3.11. The van der Waals surface area contributed by atoms with Crippen molar-refractivity contribution in [3.8, 4) is 5.75 Å². The molecule has 1 aromatic rings. The molecule has 1 aliphatic carbocycles. The van der Waals surface area contributed by atoms with Crippen molar-refractivity contribution in [2.45, 2.75) is 38.3 Å². The number of rotatable bonds is 5. The van der Waals surface area contributed by atoms with Gasteiger partial charge < -0.3 is 9.47 Å². The van der Waals surface area contributed by atoms with Crippen LogP contribution in [0.3, 0.4) is 0 Å². The summed E-state index contributed by atoms with van der Waals surface area (Å²) in [4.78, 5) is 14.9. The number of benzene rings is 1. The van der Waals surface area contributed by atoms with Crippen LogP contribution in [-0.2, 0) is 4.74 Å². The molecule has 0 N–H and O–H groups in total. The number of carbonyl (C=O) groups excluding carboxylic acids is 1. The van der Waals surface area contributed by atoms with Gasteiger partial charge in [0.15, 0.2) is 5.78 Å². The first-order valence-corrected chi connectivity index (χ1v) is 7.90. The molecule has 4 heteroatoms. The predicted octanol–water partition coefficient (Wildman–Crippen LogP) is 2.52. The van der Waals surface area contributed by atoms with E-state index >= 15 is 0 Å². The van der Waals surface area contributed by atoms with Gasteiger partial charge in [0.2, 0.25) is 0 Å². The molecule has 1 heterocycles. The Labute approximate surface area is 126 Å².